The van der Waals surface area contributed by atoms with Gasteiger partial charge in [0.15, 0.2) is 6.61 Å². The SMILES string of the molecule is Cc1cccc(NC(=O)COC(=O)C2=COCCO2)c1. The van der Waals surface area contributed by atoms with Crippen molar-refractivity contribution in [3.05, 3.63) is 41.9 Å². The van der Waals surface area contributed by atoms with Gasteiger partial charge < -0.3 is 19.5 Å². The second-order valence-electron chi connectivity index (χ2n) is 4.20. The monoisotopic (exact) mass is 277 g/mol. The van der Waals surface area contributed by atoms with Gasteiger partial charge in [0.05, 0.1) is 0 Å². The highest BCUT2D eigenvalue weighted by molar-refractivity contribution is 5.94. The third-order valence-electron chi connectivity index (χ3n) is 2.49. The van der Waals surface area contributed by atoms with Gasteiger partial charge in [0, 0.05) is 5.69 Å². The van der Waals surface area contributed by atoms with Crippen LogP contribution in [0.3, 0.4) is 0 Å². The summed E-state index contributed by atoms with van der Waals surface area (Å²) in [5.74, 6) is -1.16. The zero-order chi connectivity index (χ0) is 14.4. The van der Waals surface area contributed by atoms with Crippen LogP contribution >= 0.6 is 0 Å². The Bertz CT molecular complexity index is 538. The number of ether oxygens (including phenoxy) is 3. The summed E-state index contributed by atoms with van der Waals surface area (Å²) in [4.78, 5) is 23.2. The van der Waals surface area contributed by atoms with E-state index in [0.717, 1.165) is 5.56 Å². The highest BCUT2D eigenvalue weighted by Crippen LogP contribution is 2.10. The smallest absolute Gasteiger partial charge is 0.377 e. The van der Waals surface area contributed by atoms with Crippen molar-refractivity contribution in [2.24, 2.45) is 0 Å². The number of nitrogens with one attached hydrogen (secondary N) is 1. The van der Waals surface area contributed by atoms with E-state index >= 15 is 0 Å². The van der Waals surface area contributed by atoms with Gasteiger partial charge in [-0.25, -0.2) is 4.79 Å². The van der Waals surface area contributed by atoms with E-state index in [0.29, 0.717) is 12.3 Å². The maximum Gasteiger partial charge on any atom is 0.377 e. The van der Waals surface area contributed by atoms with Crippen molar-refractivity contribution < 1.29 is 23.8 Å². The number of carbonyl (C=O) groups is 2. The molecule has 6 nitrogen and oxygen atoms in total. The van der Waals surface area contributed by atoms with Crippen LogP contribution in [0, 0.1) is 6.92 Å². The van der Waals surface area contributed by atoms with Crippen LogP contribution in [-0.2, 0) is 23.8 Å². The summed E-state index contributed by atoms with van der Waals surface area (Å²) in [6, 6.07) is 7.32. The lowest BCUT2D eigenvalue weighted by atomic mass is 10.2. The van der Waals surface area contributed by atoms with Gasteiger partial charge in [0.25, 0.3) is 5.91 Å². The van der Waals surface area contributed by atoms with Crippen LogP contribution in [0.15, 0.2) is 36.3 Å². The van der Waals surface area contributed by atoms with Crippen molar-refractivity contribution in [1.82, 2.24) is 0 Å². The van der Waals surface area contributed by atoms with E-state index in [-0.39, 0.29) is 19.0 Å². The molecule has 1 aliphatic rings. The Kier molecular flexibility index (Phi) is 4.60. The van der Waals surface area contributed by atoms with Gasteiger partial charge >= 0.3 is 5.97 Å². The topological polar surface area (TPSA) is 73.9 Å². The Hall–Kier alpha value is -2.50. The molecule has 0 unspecified atom stereocenters. The number of hydrogen-bond donors (Lipinski definition) is 1. The standard InChI is InChI=1S/C14H15NO5/c1-10-3-2-4-11(7-10)15-13(16)9-20-14(17)12-8-18-5-6-19-12/h2-4,7-8H,5-6,9H2,1H3,(H,15,16). The molecule has 0 atom stereocenters. The molecular weight excluding hydrogens is 262 g/mol. The number of benzene rings is 1. The van der Waals surface area contributed by atoms with Crippen LogP contribution in [0.25, 0.3) is 0 Å². The highest BCUT2D eigenvalue weighted by atomic mass is 16.6. The molecule has 1 N–H and O–H groups in total. The summed E-state index contributed by atoms with van der Waals surface area (Å²) >= 11 is 0. The first kappa shape index (κ1) is 13.9. The van der Waals surface area contributed by atoms with Crippen molar-refractivity contribution in [3.63, 3.8) is 0 Å². The third kappa shape index (κ3) is 4.01. The first-order valence-electron chi connectivity index (χ1n) is 6.13. The summed E-state index contributed by atoms with van der Waals surface area (Å²) in [5, 5.41) is 2.63. The molecule has 20 heavy (non-hydrogen) atoms. The molecule has 0 spiro atoms. The number of esters is 1. The highest BCUT2D eigenvalue weighted by Gasteiger charge is 2.17. The fourth-order valence-corrected chi connectivity index (χ4v) is 1.60. The van der Waals surface area contributed by atoms with Crippen LogP contribution in [0.5, 0.6) is 0 Å². The molecule has 1 aliphatic heterocycles. The summed E-state index contributed by atoms with van der Waals surface area (Å²) in [6.07, 6.45) is 1.18. The number of rotatable bonds is 4. The molecule has 106 valence electrons. The van der Waals surface area contributed by atoms with E-state index in [1.165, 1.54) is 6.26 Å². The third-order valence-corrected chi connectivity index (χ3v) is 2.49. The minimum Gasteiger partial charge on any atom is -0.493 e. The predicted octanol–water partition coefficient (Wildman–Crippen LogP) is 1.36. The number of anilines is 1. The second kappa shape index (κ2) is 6.60. The number of aryl methyl sites for hydroxylation is 1. The molecule has 0 radical (unpaired) electrons. The summed E-state index contributed by atoms with van der Waals surface area (Å²) in [7, 11) is 0. The van der Waals surface area contributed by atoms with Crippen LogP contribution in [0.4, 0.5) is 5.69 Å². The first-order chi connectivity index (χ1) is 9.65. The molecule has 1 aromatic rings. The van der Waals surface area contributed by atoms with E-state index < -0.39 is 11.9 Å². The molecule has 6 heteroatoms. The number of hydrogen-bond acceptors (Lipinski definition) is 5. The molecule has 0 bridgehead atoms. The lowest BCUT2D eigenvalue weighted by molar-refractivity contribution is -0.148. The molecular formula is C14H15NO5. The number of amides is 1. The van der Waals surface area contributed by atoms with Crippen LogP contribution in [-0.4, -0.2) is 31.7 Å². The zero-order valence-corrected chi connectivity index (χ0v) is 11.0. The van der Waals surface area contributed by atoms with E-state index in [4.69, 9.17) is 14.2 Å². The molecule has 0 fully saturated rings. The first-order valence-corrected chi connectivity index (χ1v) is 6.13. The van der Waals surface area contributed by atoms with Gasteiger partial charge in [-0.1, -0.05) is 12.1 Å². The Balaban J connectivity index is 1.80. The fourth-order valence-electron chi connectivity index (χ4n) is 1.60. The molecule has 1 aromatic carbocycles. The van der Waals surface area contributed by atoms with E-state index in [1.807, 2.05) is 25.1 Å². The number of carbonyl (C=O) groups excluding carboxylic acids is 2. The van der Waals surface area contributed by atoms with Crippen molar-refractivity contribution in [2.75, 3.05) is 25.1 Å². The lowest BCUT2D eigenvalue weighted by Crippen LogP contribution is -2.23. The van der Waals surface area contributed by atoms with Gasteiger partial charge in [0.1, 0.15) is 19.5 Å². The minimum atomic E-state index is -0.718. The average Bonchev–Trinajstić information content (AvgIpc) is 2.46. The van der Waals surface area contributed by atoms with E-state index in [9.17, 15) is 9.59 Å². The molecule has 1 amide bonds. The molecule has 2 rings (SSSR count). The van der Waals surface area contributed by atoms with E-state index in [2.05, 4.69) is 5.32 Å². The molecule has 0 aliphatic carbocycles. The lowest BCUT2D eigenvalue weighted by Gasteiger charge is -2.14. The van der Waals surface area contributed by atoms with Crippen molar-refractivity contribution in [3.8, 4) is 0 Å². The average molecular weight is 277 g/mol. The molecule has 0 saturated carbocycles. The zero-order valence-electron chi connectivity index (χ0n) is 11.0. The van der Waals surface area contributed by atoms with Crippen molar-refractivity contribution in [2.45, 2.75) is 6.92 Å². The summed E-state index contributed by atoms with van der Waals surface area (Å²) in [6.45, 7) is 2.22. The van der Waals surface area contributed by atoms with Gasteiger partial charge in [-0.3, -0.25) is 4.79 Å². The second-order valence-corrected chi connectivity index (χ2v) is 4.20. The largest absolute Gasteiger partial charge is 0.493 e. The Morgan fingerprint density at radius 2 is 2.20 bits per heavy atom. The van der Waals surface area contributed by atoms with Crippen LogP contribution in [0.2, 0.25) is 0 Å². The van der Waals surface area contributed by atoms with Gasteiger partial charge in [0.2, 0.25) is 5.76 Å². The molecule has 0 saturated heterocycles. The Morgan fingerprint density at radius 3 is 2.90 bits per heavy atom. The molecule has 0 aromatic heterocycles. The van der Waals surface area contributed by atoms with Crippen LogP contribution < -0.4 is 5.32 Å². The Morgan fingerprint density at radius 1 is 1.35 bits per heavy atom. The van der Waals surface area contributed by atoms with Crippen LogP contribution in [0.1, 0.15) is 5.56 Å². The predicted molar refractivity (Wildman–Crippen MR) is 70.8 cm³/mol. The van der Waals surface area contributed by atoms with Crippen molar-refractivity contribution in [1.29, 1.82) is 0 Å². The normalized spacial score (nSPS) is 13.6. The summed E-state index contributed by atoms with van der Waals surface area (Å²) < 4.78 is 14.8. The Labute approximate surface area is 116 Å². The maximum absolute atomic E-state index is 11.6. The quantitative estimate of drug-likeness (QED) is 0.841. The molecule has 1 heterocycles. The minimum absolute atomic E-state index is 0.0281. The maximum atomic E-state index is 11.6. The van der Waals surface area contributed by atoms with E-state index in [1.54, 1.807) is 6.07 Å². The fraction of sp³-hybridized carbons (Fsp3) is 0.286. The van der Waals surface area contributed by atoms with Gasteiger partial charge in [-0.05, 0) is 24.6 Å². The van der Waals surface area contributed by atoms with Gasteiger partial charge in [-0.15, -0.1) is 0 Å². The van der Waals surface area contributed by atoms with Gasteiger partial charge in [-0.2, -0.15) is 0 Å². The summed E-state index contributed by atoms with van der Waals surface area (Å²) in [5.41, 5.74) is 1.68. The van der Waals surface area contributed by atoms with Crippen molar-refractivity contribution >= 4 is 17.6 Å².